The van der Waals surface area contributed by atoms with Gasteiger partial charge in [0.05, 0.1) is 25.2 Å². The van der Waals surface area contributed by atoms with Crippen LogP contribution in [0.3, 0.4) is 0 Å². The zero-order chi connectivity index (χ0) is 24.6. The molecule has 0 saturated carbocycles. The number of aromatic nitrogens is 5. The van der Waals surface area contributed by atoms with Crippen LogP contribution in [-0.4, -0.2) is 95.3 Å². The van der Waals surface area contributed by atoms with Gasteiger partial charge in [-0.3, -0.25) is 14.5 Å². The zero-order valence-corrected chi connectivity index (χ0v) is 20.8. The number of amides is 2. The van der Waals surface area contributed by atoms with Crippen LogP contribution in [0.1, 0.15) is 5.69 Å². The predicted octanol–water partition coefficient (Wildman–Crippen LogP) is -0.609. The van der Waals surface area contributed by atoms with Gasteiger partial charge in [0.2, 0.25) is 10.7 Å². The maximum atomic E-state index is 12.8. The number of carbonyl (C=O) groups is 3. The number of β-lactam (4-membered cyclic amide) rings is 1. The van der Waals surface area contributed by atoms with Gasteiger partial charge in [-0.25, -0.2) is 19.1 Å². The number of fused-ring (bicyclic) bond motifs is 1. The second-order valence-electron chi connectivity index (χ2n) is 8.01. The Morgan fingerprint density at radius 2 is 2.09 bits per heavy atom. The fourth-order valence-corrected chi connectivity index (χ4v) is 5.75. The van der Waals surface area contributed by atoms with Gasteiger partial charge in [-0.1, -0.05) is 0 Å². The number of hydrogen-bond donors (Lipinski definition) is 3. The molecule has 4 rings (SSSR count). The van der Waals surface area contributed by atoms with Crippen LogP contribution in [0.2, 0.25) is 0 Å². The lowest BCUT2D eigenvalue weighted by Crippen LogP contribution is -2.70. The smallest absolute Gasteiger partial charge is 0.352 e. The number of anilines is 1. The molecule has 0 bridgehead atoms. The van der Waals surface area contributed by atoms with E-state index in [0.29, 0.717) is 33.5 Å². The van der Waals surface area contributed by atoms with Gasteiger partial charge in [-0.05, 0) is 42.3 Å². The quantitative estimate of drug-likeness (QED) is 0.282. The fourth-order valence-electron chi connectivity index (χ4n) is 3.62. The molecule has 4 N–H and O–H groups in total. The highest BCUT2D eigenvalue weighted by Gasteiger charge is 2.54. The summed E-state index contributed by atoms with van der Waals surface area (Å²) in [5.74, 6) is -1.73. The molecule has 34 heavy (non-hydrogen) atoms. The lowest BCUT2D eigenvalue weighted by atomic mass is 10.0. The van der Waals surface area contributed by atoms with Gasteiger partial charge < -0.3 is 21.1 Å². The van der Waals surface area contributed by atoms with Gasteiger partial charge in [0, 0.05) is 17.7 Å². The van der Waals surface area contributed by atoms with Crippen LogP contribution in [0.25, 0.3) is 0 Å². The zero-order valence-electron chi connectivity index (χ0n) is 18.4. The summed E-state index contributed by atoms with van der Waals surface area (Å²) >= 11 is 8.03. The van der Waals surface area contributed by atoms with E-state index >= 15 is 0 Å². The Morgan fingerprint density at radius 3 is 2.74 bits per heavy atom. The van der Waals surface area contributed by atoms with Crippen molar-refractivity contribution in [1.29, 1.82) is 0 Å². The van der Waals surface area contributed by atoms with Crippen LogP contribution >= 0.6 is 35.3 Å². The van der Waals surface area contributed by atoms with E-state index in [1.165, 1.54) is 32.7 Å². The third-order valence-corrected chi connectivity index (χ3v) is 7.76. The number of nitrogens with one attached hydrogen (secondary N) is 1. The number of thioether (sulfide) groups is 1. The number of likely N-dealkylation sites (N-methyl/N-ethyl adjacent to an activating group) is 1. The molecule has 2 aliphatic heterocycles. The van der Waals surface area contributed by atoms with E-state index in [4.69, 9.17) is 18.0 Å². The molecule has 4 heterocycles. The van der Waals surface area contributed by atoms with Crippen LogP contribution in [0.4, 0.5) is 5.13 Å². The van der Waals surface area contributed by atoms with Gasteiger partial charge in [-0.2, -0.15) is 0 Å². The number of nitrogen functional groups attached to an aromatic ring is 1. The summed E-state index contributed by atoms with van der Waals surface area (Å²) in [6.45, 7) is 1.38. The highest BCUT2D eigenvalue weighted by Crippen LogP contribution is 2.40. The summed E-state index contributed by atoms with van der Waals surface area (Å²) in [6, 6.07) is -0.807. The molecule has 13 nitrogen and oxygen atoms in total. The van der Waals surface area contributed by atoms with Gasteiger partial charge in [0.25, 0.3) is 5.91 Å². The number of carboxylic acids is 1. The molecule has 2 aromatic rings. The molecule has 2 aliphatic rings. The Balaban J connectivity index is 1.47. The average molecular weight is 526 g/mol. The summed E-state index contributed by atoms with van der Waals surface area (Å²) in [4.78, 5) is 44.5. The molecule has 2 amide bonds. The maximum absolute atomic E-state index is 12.8. The molecule has 182 valence electrons. The van der Waals surface area contributed by atoms with Crippen LogP contribution in [-0.2, 0) is 33.9 Å². The van der Waals surface area contributed by atoms with Gasteiger partial charge in [0.1, 0.15) is 17.1 Å². The molecule has 16 heteroatoms. The van der Waals surface area contributed by atoms with E-state index in [-0.39, 0.29) is 24.6 Å². The first kappa shape index (κ1) is 24.3. The number of carboxylic acid groups (broad SMARTS) is 1. The Kier molecular flexibility index (Phi) is 7.01. The van der Waals surface area contributed by atoms with E-state index in [0.717, 1.165) is 6.54 Å². The molecule has 0 aliphatic carbocycles. The SMILES string of the molecule is CN(C)CCn1nnn(CC2=C(C(=O)O)N3C(=O)[C@H](NC(=O)Cc4csc(N)n4)[C@@H]3SC2)c1=S. The van der Waals surface area contributed by atoms with Crippen LogP contribution in [0.15, 0.2) is 16.7 Å². The van der Waals surface area contributed by atoms with E-state index in [1.807, 2.05) is 19.0 Å². The van der Waals surface area contributed by atoms with E-state index in [9.17, 15) is 19.5 Å². The molecule has 1 saturated heterocycles. The lowest BCUT2D eigenvalue weighted by Gasteiger charge is -2.49. The van der Waals surface area contributed by atoms with E-state index in [1.54, 1.807) is 10.1 Å². The van der Waals surface area contributed by atoms with Crippen molar-refractivity contribution in [2.24, 2.45) is 0 Å². The first-order valence-corrected chi connectivity index (χ1v) is 12.5. The first-order valence-electron chi connectivity index (χ1n) is 10.2. The number of carbonyl (C=O) groups excluding carboxylic acids is 2. The number of thiazole rings is 1. The third-order valence-electron chi connectivity index (χ3n) is 5.27. The maximum Gasteiger partial charge on any atom is 0.352 e. The highest BCUT2D eigenvalue weighted by molar-refractivity contribution is 8.00. The standard InChI is InChI=1S/C18H23N9O4S3/c1-24(2)3-4-25-18(32)26(23-22-25)6-9-7-33-15-12(14(29)27(15)13(9)16(30)31)21-11(28)5-10-8-34-17(19)20-10/h8,12,15H,3-7H2,1-2H3,(H2,19,20)(H,21,28)(H,30,31)/t12-,15-/m0/s1. The van der Waals surface area contributed by atoms with E-state index in [2.05, 4.69) is 20.7 Å². The molecule has 0 unspecified atom stereocenters. The summed E-state index contributed by atoms with van der Waals surface area (Å²) in [6.07, 6.45) is -0.0104. The normalized spacial score (nSPS) is 19.9. The summed E-state index contributed by atoms with van der Waals surface area (Å²) < 4.78 is 3.40. The van der Waals surface area contributed by atoms with Crippen LogP contribution in [0, 0.1) is 4.77 Å². The molecule has 0 spiro atoms. The van der Waals surface area contributed by atoms with Crippen molar-refractivity contribution >= 4 is 58.2 Å². The molecule has 2 atom stereocenters. The number of nitrogens with two attached hydrogens (primary N) is 1. The number of tetrazole rings is 1. The van der Waals surface area contributed by atoms with Crippen molar-refractivity contribution in [2.75, 3.05) is 32.1 Å². The van der Waals surface area contributed by atoms with Gasteiger partial charge >= 0.3 is 5.97 Å². The Bertz CT molecular complexity index is 1220. The number of aliphatic carboxylic acids is 1. The van der Waals surface area contributed by atoms with Crippen molar-refractivity contribution < 1.29 is 19.5 Å². The number of rotatable bonds is 9. The monoisotopic (exact) mass is 525 g/mol. The van der Waals surface area contributed by atoms with Crippen molar-refractivity contribution in [2.45, 2.75) is 30.9 Å². The number of hydrogen-bond acceptors (Lipinski definition) is 11. The molecule has 2 aromatic heterocycles. The topological polar surface area (TPSA) is 164 Å². The highest BCUT2D eigenvalue weighted by atomic mass is 32.2. The van der Waals surface area contributed by atoms with Gasteiger partial charge in [-0.15, -0.1) is 23.1 Å². The summed E-state index contributed by atoms with van der Waals surface area (Å²) in [5.41, 5.74) is 6.50. The van der Waals surface area contributed by atoms with Crippen molar-refractivity contribution in [3.8, 4) is 0 Å². The Labute approximate surface area is 207 Å². The largest absolute Gasteiger partial charge is 0.477 e. The van der Waals surface area contributed by atoms with E-state index < -0.39 is 23.3 Å². The van der Waals surface area contributed by atoms with Crippen LogP contribution < -0.4 is 11.1 Å². The third kappa shape index (κ3) is 4.84. The molecular weight excluding hydrogens is 502 g/mol. The van der Waals surface area contributed by atoms with Crippen molar-refractivity contribution in [3.05, 3.63) is 27.1 Å². The number of nitrogens with zero attached hydrogens (tertiary/aromatic N) is 7. The summed E-state index contributed by atoms with van der Waals surface area (Å²) in [7, 11) is 3.87. The lowest BCUT2D eigenvalue weighted by molar-refractivity contribution is -0.150. The van der Waals surface area contributed by atoms with Crippen LogP contribution in [0.5, 0.6) is 0 Å². The fraction of sp³-hybridized carbons (Fsp3) is 0.500. The molecule has 0 aromatic carbocycles. The second kappa shape index (κ2) is 9.81. The average Bonchev–Trinajstić information content (AvgIpc) is 3.34. The minimum absolute atomic E-state index is 0.0104. The van der Waals surface area contributed by atoms with Gasteiger partial charge in [0.15, 0.2) is 5.13 Å². The molecular formula is C18H23N9O4S3. The van der Waals surface area contributed by atoms with Crippen molar-refractivity contribution in [3.63, 3.8) is 0 Å². The second-order valence-corrected chi connectivity index (χ2v) is 10.4. The first-order chi connectivity index (χ1) is 16.2. The summed E-state index contributed by atoms with van der Waals surface area (Å²) in [5, 5.41) is 22.2. The minimum Gasteiger partial charge on any atom is -0.477 e. The molecule has 0 radical (unpaired) electrons. The predicted molar refractivity (Wildman–Crippen MR) is 127 cm³/mol. The Morgan fingerprint density at radius 1 is 1.35 bits per heavy atom. The Hall–Kier alpha value is -2.82. The minimum atomic E-state index is -1.22. The molecule has 1 fully saturated rings. The van der Waals surface area contributed by atoms with Crippen molar-refractivity contribution in [1.82, 2.24) is 39.9 Å².